The summed E-state index contributed by atoms with van der Waals surface area (Å²) in [6.45, 7) is 9.80. The Labute approximate surface area is 224 Å². The van der Waals surface area contributed by atoms with Gasteiger partial charge in [0, 0.05) is 0 Å². The maximum Gasteiger partial charge on any atom is 0.417 e. The number of aliphatic hydroxyl groups excluding tert-OH is 1. The van der Waals surface area contributed by atoms with Gasteiger partial charge in [0.15, 0.2) is 11.9 Å². The first-order valence-electron chi connectivity index (χ1n) is 13.0. The lowest BCUT2D eigenvalue weighted by atomic mass is 9.87. The molecule has 0 saturated carbocycles. The van der Waals surface area contributed by atoms with Crippen molar-refractivity contribution >= 4 is 17.8 Å². The highest BCUT2D eigenvalue weighted by Gasteiger charge is 2.53. The highest BCUT2D eigenvalue weighted by molar-refractivity contribution is 6.02. The summed E-state index contributed by atoms with van der Waals surface area (Å²) >= 11 is 0. The van der Waals surface area contributed by atoms with E-state index in [4.69, 9.17) is 18.9 Å². The zero-order chi connectivity index (χ0) is 27.9. The van der Waals surface area contributed by atoms with Crippen LogP contribution in [0.3, 0.4) is 0 Å². The van der Waals surface area contributed by atoms with Gasteiger partial charge in [-0.25, -0.2) is 9.69 Å². The van der Waals surface area contributed by atoms with Crippen LogP contribution in [0.15, 0.2) is 54.3 Å². The molecular formula is C29H39NO8. The van der Waals surface area contributed by atoms with E-state index in [2.05, 4.69) is 0 Å². The maximum atomic E-state index is 13.3. The standard InChI is InChI=1S/C29H39NO8/c1-19(2)26-29(4,5)38-28(34)30(26)27(33)20(3)25-24(32)14-13-22(37-25)12-9-15-35-18-23(16-31)36-17-21-10-7-6-8-11-21/h6-8,10-14,19-20,23,25-26,31H,9,15-18H2,1-5H3/t20-,23-,25+,26-/m1/s1. The second-order valence-electron chi connectivity index (χ2n) is 10.5. The van der Waals surface area contributed by atoms with Crippen LogP contribution < -0.4 is 0 Å². The minimum absolute atomic E-state index is 0.0277. The fourth-order valence-electron chi connectivity index (χ4n) is 4.84. The second-order valence-corrected chi connectivity index (χ2v) is 10.5. The normalized spacial score (nSPS) is 23.4. The maximum absolute atomic E-state index is 13.3. The van der Waals surface area contributed by atoms with Crippen molar-refractivity contribution in [3.05, 3.63) is 59.9 Å². The van der Waals surface area contributed by atoms with Gasteiger partial charge < -0.3 is 24.1 Å². The molecule has 1 N–H and O–H groups in total. The Morgan fingerprint density at radius 2 is 1.87 bits per heavy atom. The van der Waals surface area contributed by atoms with Crippen molar-refractivity contribution in [3.63, 3.8) is 0 Å². The van der Waals surface area contributed by atoms with E-state index >= 15 is 0 Å². The third kappa shape index (κ3) is 7.30. The summed E-state index contributed by atoms with van der Waals surface area (Å²) in [7, 11) is 0. The molecule has 0 bridgehead atoms. The van der Waals surface area contributed by atoms with E-state index in [0.29, 0.717) is 25.4 Å². The van der Waals surface area contributed by atoms with Crippen molar-refractivity contribution < 1.29 is 38.4 Å². The van der Waals surface area contributed by atoms with Gasteiger partial charge in [0.1, 0.15) is 17.5 Å². The van der Waals surface area contributed by atoms with Gasteiger partial charge in [0.2, 0.25) is 5.91 Å². The van der Waals surface area contributed by atoms with Gasteiger partial charge in [-0.2, -0.15) is 0 Å². The molecule has 9 nitrogen and oxygen atoms in total. The number of benzene rings is 1. The first kappa shape index (κ1) is 29.5. The van der Waals surface area contributed by atoms with E-state index in [1.165, 1.54) is 6.08 Å². The number of carbonyl (C=O) groups is 3. The molecular weight excluding hydrogens is 490 g/mol. The fourth-order valence-corrected chi connectivity index (χ4v) is 4.84. The summed E-state index contributed by atoms with van der Waals surface area (Å²) in [5.74, 6) is -1.31. The molecule has 1 aromatic rings. The van der Waals surface area contributed by atoms with Crippen molar-refractivity contribution in [2.75, 3.05) is 19.8 Å². The van der Waals surface area contributed by atoms with Crippen LogP contribution in [0.1, 0.15) is 46.6 Å². The molecule has 0 unspecified atom stereocenters. The molecule has 1 fully saturated rings. The topological polar surface area (TPSA) is 112 Å². The quantitative estimate of drug-likeness (QED) is 0.407. The first-order chi connectivity index (χ1) is 18.0. The van der Waals surface area contributed by atoms with E-state index in [1.54, 1.807) is 32.9 Å². The predicted molar refractivity (Wildman–Crippen MR) is 140 cm³/mol. The minimum Gasteiger partial charge on any atom is -0.482 e. The third-order valence-corrected chi connectivity index (χ3v) is 6.65. The number of rotatable bonds is 12. The summed E-state index contributed by atoms with van der Waals surface area (Å²) < 4.78 is 22.7. The highest BCUT2D eigenvalue weighted by atomic mass is 16.6. The number of allylic oxidation sites excluding steroid dienone is 1. The lowest BCUT2D eigenvalue weighted by molar-refractivity contribution is -0.143. The van der Waals surface area contributed by atoms with Crippen LogP contribution in [0.25, 0.3) is 0 Å². The number of amides is 2. The van der Waals surface area contributed by atoms with Crippen LogP contribution in [0, 0.1) is 11.8 Å². The molecule has 1 saturated heterocycles. The zero-order valence-corrected chi connectivity index (χ0v) is 22.8. The van der Waals surface area contributed by atoms with Crippen molar-refractivity contribution in [3.8, 4) is 0 Å². The molecule has 1 aromatic carbocycles. The van der Waals surface area contributed by atoms with E-state index < -0.39 is 41.8 Å². The number of hydrogen-bond donors (Lipinski definition) is 1. The van der Waals surface area contributed by atoms with Gasteiger partial charge >= 0.3 is 6.09 Å². The molecule has 9 heteroatoms. The zero-order valence-electron chi connectivity index (χ0n) is 22.8. The number of ether oxygens (including phenoxy) is 4. The Morgan fingerprint density at radius 3 is 2.53 bits per heavy atom. The van der Waals surface area contributed by atoms with Crippen LogP contribution in [-0.2, 0) is 35.1 Å². The molecule has 0 radical (unpaired) electrons. The van der Waals surface area contributed by atoms with Gasteiger partial charge in [-0.1, -0.05) is 44.2 Å². The molecule has 208 valence electrons. The average Bonchev–Trinajstić information content (AvgIpc) is 3.14. The molecule has 3 rings (SSSR count). The molecule has 0 aliphatic carbocycles. The van der Waals surface area contributed by atoms with Crippen LogP contribution in [0.2, 0.25) is 0 Å². The number of cyclic esters (lactones) is 1. The largest absolute Gasteiger partial charge is 0.482 e. The SMILES string of the molecule is CC(C)[C@H]1N(C(=O)[C@H](C)[C@@H]2OC(=CCCOC[C@@H](CO)OCc3ccccc3)C=CC2=O)C(=O)OC1(C)C. The molecule has 2 aliphatic rings. The predicted octanol–water partition coefficient (Wildman–Crippen LogP) is 3.80. The molecule has 0 aromatic heterocycles. The second kappa shape index (κ2) is 13.2. The summed E-state index contributed by atoms with van der Waals surface area (Å²) in [6.07, 6.45) is 3.01. The number of hydrogen-bond acceptors (Lipinski definition) is 8. The number of nitrogens with zero attached hydrogens (tertiary/aromatic N) is 1. The molecule has 2 heterocycles. The van der Waals surface area contributed by atoms with E-state index in [0.717, 1.165) is 10.5 Å². The van der Waals surface area contributed by atoms with Gasteiger partial charge in [0.05, 0.1) is 38.4 Å². The highest BCUT2D eigenvalue weighted by Crippen LogP contribution is 2.36. The van der Waals surface area contributed by atoms with Crippen LogP contribution >= 0.6 is 0 Å². The first-order valence-corrected chi connectivity index (χ1v) is 13.0. The van der Waals surface area contributed by atoms with E-state index in [1.807, 2.05) is 44.2 Å². The number of carbonyl (C=O) groups excluding carboxylic acids is 3. The van der Waals surface area contributed by atoms with E-state index in [-0.39, 0.29) is 24.9 Å². The van der Waals surface area contributed by atoms with Crippen molar-refractivity contribution in [2.45, 2.75) is 71.5 Å². The number of aliphatic hydroxyl groups is 1. The Morgan fingerprint density at radius 1 is 1.16 bits per heavy atom. The van der Waals surface area contributed by atoms with Gasteiger partial charge in [-0.05, 0) is 56.9 Å². The molecule has 4 atom stereocenters. The molecule has 38 heavy (non-hydrogen) atoms. The Balaban J connectivity index is 1.51. The van der Waals surface area contributed by atoms with Gasteiger partial charge in [-0.15, -0.1) is 0 Å². The summed E-state index contributed by atoms with van der Waals surface area (Å²) in [4.78, 5) is 39.6. The van der Waals surface area contributed by atoms with Crippen molar-refractivity contribution in [1.82, 2.24) is 4.90 Å². The van der Waals surface area contributed by atoms with Crippen LogP contribution in [0.4, 0.5) is 4.79 Å². The Kier molecular flexibility index (Phi) is 10.2. The summed E-state index contributed by atoms with van der Waals surface area (Å²) in [6, 6.07) is 9.23. The summed E-state index contributed by atoms with van der Waals surface area (Å²) in [5.41, 5.74) is 0.184. The van der Waals surface area contributed by atoms with Crippen molar-refractivity contribution in [2.24, 2.45) is 11.8 Å². The molecule has 2 amide bonds. The molecule has 0 spiro atoms. The Hall–Kier alpha value is -3.01. The average molecular weight is 530 g/mol. The fraction of sp³-hybridized carbons (Fsp3) is 0.552. The molecule has 2 aliphatic heterocycles. The number of imide groups is 1. The van der Waals surface area contributed by atoms with Gasteiger partial charge in [-0.3, -0.25) is 9.59 Å². The monoisotopic (exact) mass is 529 g/mol. The van der Waals surface area contributed by atoms with Crippen molar-refractivity contribution in [1.29, 1.82) is 0 Å². The number of ketones is 1. The lowest BCUT2D eigenvalue weighted by Crippen LogP contribution is -2.52. The lowest BCUT2D eigenvalue weighted by Gasteiger charge is -2.33. The van der Waals surface area contributed by atoms with E-state index in [9.17, 15) is 19.5 Å². The smallest absolute Gasteiger partial charge is 0.417 e. The minimum atomic E-state index is -1.05. The summed E-state index contributed by atoms with van der Waals surface area (Å²) in [5, 5.41) is 9.55. The Bertz CT molecular complexity index is 1030. The third-order valence-electron chi connectivity index (χ3n) is 6.65. The van der Waals surface area contributed by atoms with Gasteiger partial charge in [0.25, 0.3) is 0 Å². The van der Waals surface area contributed by atoms with Crippen LogP contribution in [-0.4, -0.2) is 71.5 Å². The van der Waals surface area contributed by atoms with Crippen LogP contribution in [0.5, 0.6) is 0 Å².